The number of amides is 1. The van der Waals surface area contributed by atoms with E-state index < -0.39 is 12.0 Å². The Labute approximate surface area is 129 Å². The topological polar surface area (TPSA) is 84.9 Å². The van der Waals surface area contributed by atoms with E-state index in [1.165, 1.54) is 14.2 Å². The fraction of sp³-hybridized carbons (Fsp3) is 0.500. The van der Waals surface area contributed by atoms with E-state index in [-0.39, 0.29) is 18.2 Å². The fourth-order valence-corrected chi connectivity index (χ4v) is 2.46. The predicted octanol–water partition coefficient (Wildman–Crippen LogP) is 1.99. The lowest BCUT2D eigenvalue weighted by Gasteiger charge is -2.19. The van der Waals surface area contributed by atoms with Gasteiger partial charge in [-0.3, -0.25) is 9.59 Å². The highest BCUT2D eigenvalue weighted by Crippen LogP contribution is 2.38. The highest BCUT2D eigenvalue weighted by molar-refractivity contribution is 5.82. The van der Waals surface area contributed by atoms with Crippen molar-refractivity contribution in [2.24, 2.45) is 11.8 Å². The molecular formula is C16H21NO5. The quantitative estimate of drug-likeness (QED) is 0.804. The van der Waals surface area contributed by atoms with Gasteiger partial charge >= 0.3 is 5.97 Å². The van der Waals surface area contributed by atoms with E-state index in [1.54, 1.807) is 18.2 Å². The molecule has 2 N–H and O–H groups in total. The van der Waals surface area contributed by atoms with Crippen LogP contribution in [-0.4, -0.2) is 31.2 Å². The molecule has 0 saturated heterocycles. The number of ether oxygens (including phenoxy) is 2. The molecule has 1 aliphatic rings. The Morgan fingerprint density at radius 2 is 1.95 bits per heavy atom. The number of carbonyl (C=O) groups excluding carboxylic acids is 1. The lowest BCUT2D eigenvalue weighted by atomic mass is 10.0. The van der Waals surface area contributed by atoms with Crippen molar-refractivity contribution in [1.82, 2.24) is 5.32 Å². The number of carboxylic acids is 1. The molecule has 0 aromatic heterocycles. The van der Waals surface area contributed by atoms with E-state index in [4.69, 9.17) is 14.6 Å². The maximum Gasteiger partial charge on any atom is 0.305 e. The Morgan fingerprint density at radius 3 is 2.45 bits per heavy atom. The molecule has 2 rings (SSSR count). The predicted molar refractivity (Wildman–Crippen MR) is 80.0 cm³/mol. The molecule has 1 aromatic carbocycles. The van der Waals surface area contributed by atoms with E-state index in [2.05, 4.69) is 5.32 Å². The molecule has 22 heavy (non-hydrogen) atoms. The van der Waals surface area contributed by atoms with Crippen molar-refractivity contribution in [3.8, 4) is 11.5 Å². The summed E-state index contributed by atoms with van der Waals surface area (Å²) in [5.74, 6) is 0.372. The summed E-state index contributed by atoms with van der Waals surface area (Å²) in [6, 6.07) is 4.56. The van der Waals surface area contributed by atoms with Gasteiger partial charge in [0.1, 0.15) is 0 Å². The van der Waals surface area contributed by atoms with Crippen LogP contribution in [0.3, 0.4) is 0 Å². The van der Waals surface area contributed by atoms with Crippen LogP contribution in [0.15, 0.2) is 18.2 Å². The minimum Gasteiger partial charge on any atom is -0.493 e. The van der Waals surface area contributed by atoms with E-state index in [9.17, 15) is 9.59 Å². The van der Waals surface area contributed by atoms with Crippen molar-refractivity contribution in [3.05, 3.63) is 23.8 Å². The molecule has 1 saturated carbocycles. The van der Waals surface area contributed by atoms with Gasteiger partial charge in [-0.25, -0.2) is 0 Å². The monoisotopic (exact) mass is 307 g/mol. The van der Waals surface area contributed by atoms with Crippen LogP contribution < -0.4 is 14.8 Å². The molecule has 0 spiro atoms. The zero-order valence-electron chi connectivity index (χ0n) is 13.0. The molecule has 1 aromatic rings. The zero-order chi connectivity index (χ0) is 16.3. The molecule has 1 amide bonds. The van der Waals surface area contributed by atoms with Crippen molar-refractivity contribution < 1.29 is 24.2 Å². The Morgan fingerprint density at radius 1 is 1.32 bits per heavy atom. The minimum atomic E-state index is -0.969. The second-order valence-corrected chi connectivity index (χ2v) is 5.59. The lowest BCUT2D eigenvalue weighted by molar-refractivity contribution is -0.137. The SMILES string of the molecule is COc1ccc(C(CC(=O)O)NC(=O)C2CC2C)cc1OC. The van der Waals surface area contributed by atoms with Crippen LogP contribution >= 0.6 is 0 Å². The molecule has 120 valence electrons. The Bertz CT molecular complexity index is 572. The Balaban J connectivity index is 2.20. The van der Waals surface area contributed by atoms with Gasteiger partial charge in [0.2, 0.25) is 5.91 Å². The molecule has 6 heteroatoms. The van der Waals surface area contributed by atoms with Gasteiger partial charge in [-0.15, -0.1) is 0 Å². The molecule has 0 heterocycles. The third-order valence-electron chi connectivity index (χ3n) is 3.95. The maximum absolute atomic E-state index is 12.1. The van der Waals surface area contributed by atoms with Crippen LogP contribution in [-0.2, 0) is 9.59 Å². The first-order chi connectivity index (χ1) is 10.5. The average Bonchev–Trinajstić information content (AvgIpc) is 3.22. The number of benzene rings is 1. The van der Waals surface area contributed by atoms with Crippen molar-refractivity contribution >= 4 is 11.9 Å². The number of nitrogens with one attached hydrogen (secondary N) is 1. The number of carboxylic acid groups (broad SMARTS) is 1. The van der Waals surface area contributed by atoms with Crippen molar-refractivity contribution in [2.75, 3.05) is 14.2 Å². The number of hydrogen-bond donors (Lipinski definition) is 2. The van der Waals surface area contributed by atoms with E-state index >= 15 is 0 Å². The summed E-state index contributed by atoms with van der Waals surface area (Å²) in [6.07, 6.45) is 0.680. The average molecular weight is 307 g/mol. The maximum atomic E-state index is 12.1. The van der Waals surface area contributed by atoms with Gasteiger partial charge in [-0.2, -0.15) is 0 Å². The smallest absolute Gasteiger partial charge is 0.305 e. The lowest BCUT2D eigenvalue weighted by Crippen LogP contribution is -2.31. The summed E-state index contributed by atoms with van der Waals surface area (Å²) < 4.78 is 10.4. The molecule has 3 unspecified atom stereocenters. The molecule has 3 atom stereocenters. The standard InChI is InChI=1S/C16H21NO5/c1-9-6-11(9)16(20)17-12(8-15(18)19)10-4-5-13(21-2)14(7-10)22-3/h4-5,7,9,11-12H,6,8H2,1-3H3,(H,17,20)(H,18,19). The first-order valence-electron chi connectivity index (χ1n) is 7.20. The van der Waals surface area contributed by atoms with Crippen LogP contribution in [0.1, 0.15) is 31.4 Å². The van der Waals surface area contributed by atoms with Crippen molar-refractivity contribution in [3.63, 3.8) is 0 Å². The van der Waals surface area contributed by atoms with Crippen LogP contribution in [0, 0.1) is 11.8 Å². The van der Waals surface area contributed by atoms with Gasteiger partial charge in [0.15, 0.2) is 11.5 Å². The number of rotatable bonds is 7. The van der Waals surface area contributed by atoms with Gasteiger partial charge in [-0.1, -0.05) is 13.0 Å². The van der Waals surface area contributed by atoms with Gasteiger partial charge in [0.05, 0.1) is 26.7 Å². The molecule has 6 nitrogen and oxygen atoms in total. The van der Waals surface area contributed by atoms with Gasteiger partial charge in [-0.05, 0) is 30.0 Å². The second-order valence-electron chi connectivity index (χ2n) is 5.59. The summed E-state index contributed by atoms with van der Waals surface area (Å²) in [5.41, 5.74) is 0.682. The third kappa shape index (κ3) is 3.69. The summed E-state index contributed by atoms with van der Waals surface area (Å²) in [6.45, 7) is 2.01. The summed E-state index contributed by atoms with van der Waals surface area (Å²) in [7, 11) is 3.04. The summed E-state index contributed by atoms with van der Waals surface area (Å²) in [5, 5.41) is 11.9. The number of hydrogen-bond acceptors (Lipinski definition) is 4. The first-order valence-corrected chi connectivity index (χ1v) is 7.20. The van der Waals surface area contributed by atoms with Crippen LogP contribution in [0.2, 0.25) is 0 Å². The first kappa shape index (κ1) is 16.1. The molecular weight excluding hydrogens is 286 g/mol. The van der Waals surface area contributed by atoms with Crippen molar-refractivity contribution in [2.45, 2.75) is 25.8 Å². The second kappa shape index (κ2) is 6.68. The Hall–Kier alpha value is -2.24. The Kier molecular flexibility index (Phi) is 4.90. The molecule has 1 fully saturated rings. The fourth-order valence-electron chi connectivity index (χ4n) is 2.46. The zero-order valence-corrected chi connectivity index (χ0v) is 13.0. The molecule has 0 bridgehead atoms. The highest BCUT2D eigenvalue weighted by Gasteiger charge is 2.40. The molecule has 0 radical (unpaired) electrons. The minimum absolute atomic E-state index is 0.00330. The largest absolute Gasteiger partial charge is 0.493 e. The van der Waals surface area contributed by atoms with Gasteiger partial charge in [0.25, 0.3) is 0 Å². The summed E-state index contributed by atoms with van der Waals surface area (Å²) in [4.78, 5) is 23.2. The summed E-state index contributed by atoms with van der Waals surface area (Å²) >= 11 is 0. The van der Waals surface area contributed by atoms with Crippen LogP contribution in [0.5, 0.6) is 11.5 Å². The van der Waals surface area contributed by atoms with Gasteiger partial charge in [0, 0.05) is 5.92 Å². The molecule has 0 aliphatic heterocycles. The highest BCUT2D eigenvalue weighted by atomic mass is 16.5. The van der Waals surface area contributed by atoms with Crippen LogP contribution in [0.25, 0.3) is 0 Å². The van der Waals surface area contributed by atoms with E-state index in [0.717, 1.165) is 6.42 Å². The third-order valence-corrected chi connectivity index (χ3v) is 3.95. The normalized spacial score (nSPS) is 20.9. The van der Waals surface area contributed by atoms with Gasteiger partial charge < -0.3 is 19.9 Å². The number of carbonyl (C=O) groups is 2. The van der Waals surface area contributed by atoms with E-state index in [0.29, 0.717) is 23.0 Å². The van der Waals surface area contributed by atoms with Crippen LogP contribution in [0.4, 0.5) is 0 Å². The number of methoxy groups -OCH3 is 2. The van der Waals surface area contributed by atoms with Crippen molar-refractivity contribution in [1.29, 1.82) is 0 Å². The van der Waals surface area contributed by atoms with E-state index in [1.807, 2.05) is 6.92 Å². The number of aliphatic carboxylic acids is 1. The molecule has 1 aliphatic carbocycles.